The third kappa shape index (κ3) is 4.30. The standard InChI is InChI=1S/C28H29N3O5/c1-3-5-14-36-22-13-12-18(16-23(22)34-4-2)27-24-25(20-10-6-7-11-21(20)32)29-30-26(24)28(33)31(27)17-19-9-8-15-35-19/h6-13,15-16,27,32H,3-5,14,17H2,1-2H3,(H,29,30)/t27-/m1/s1. The molecular weight excluding hydrogens is 458 g/mol. The summed E-state index contributed by atoms with van der Waals surface area (Å²) in [5.41, 5.74) is 3.03. The molecular formula is C28H29N3O5. The van der Waals surface area contributed by atoms with Crippen LogP contribution in [0.4, 0.5) is 0 Å². The number of phenolic OH excluding ortho intramolecular Hbond substituents is 1. The van der Waals surface area contributed by atoms with Crippen molar-refractivity contribution in [2.45, 2.75) is 39.3 Å². The van der Waals surface area contributed by atoms with Crippen LogP contribution in [0.15, 0.2) is 65.3 Å². The molecule has 2 aromatic heterocycles. The minimum atomic E-state index is -0.477. The Morgan fingerprint density at radius 2 is 1.94 bits per heavy atom. The Balaban J connectivity index is 1.62. The molecule has 8 nitrogen and oxygen atoms in total. The maximum Gasteiger partial charge on any atom is 0.273 e. The first-order valence-electron chi connectivity index (χ1n) is 12.2. The van der Waals surface area contributed by atoms with Crippen LogP contribution in [0.1, 0.15) is 60.1 Å². The summed E-state index contributed by atoms with van der Waals surface area (Å²) in [5, 5.41) is 17.9. The molecule has 0 spiro atoms. The number of benzene rings is 2. The van der Waals surface area contributed by atoms with Crippen molar-refractivity contribution in [2.24, 2.45) is 0 Å². The number of furan rings is 1. The number of hydrogen-bond donors (Lipinski definition) is 2. The number of fused-ring (bicyclic) bond motifs is 1. The number of para-hydroxylation sites is 1. The molecule has 186 valence electrons. The Hall–Kier alpha value is -4.20. The second-order valence-corrected chi connectivity index (χ2v) is 8.63. The predicted octanol–water partition coefficient (Wildman–Crippen LogP) is 5.70. The molecule has 8 heteroatoms. The summed E-state index contributed by atoms with van der Waals surface area (Å²) in [5.74, 6) is 1.86. The van der Waals surface area contributed by atoms with Gasteiger partial charge in [-0.2, -0.15) is 5.10 Å². The summed E-state index contributed by atoms with van der Waals surface area (Å²) in [6.07, 6.45) is 3.57. The number of carbonyl (C=O) groups excluding carboxylic acids is 1. The van der Waals surface area contributed by atoms with Crippen LogP contribution in [0.3, 0.4) is 0 Å². The first-order chi connectivity index (χ1) is 17.6. The fourth-order valence-electron chi connectivity index (χ4n) is 4.56. The molecule has 36 heavy (non-hydrogen) atoms. The van der Waals surface area contributed by atoms with E-state index >= 15 is 0 Å². The van der Waals surface area contributed by atoms with Gasteiger partial charge in [-0.05, 0) is 55.3 Å². The topological polar surface area (TPSA) is 101 Å². The molecule has 0 radical (unpaired) electrons. The van der Waals surface area contributed by atoms with Gasteiger partial charge in [0.25, 0.3) is 5.91 Å². The van der Waals surface area contributed by atoms with Gasteiger partial charge in [0.2, 0.25) is 0 Å². The highest BCUT2D eigenvalue weighted by atomic mass is 16.5. The van der Waals surface area contributed by atoms with Crippen molar-refractivity contribution in [2.75, 3.05) is 13.2 Å². The quantitative estimate of drug-likeness (QED) is 0.278. The van der Waals surface area contributed by atoms with Crippen LogP contribution >= 0.6 is 0 Å². The van der Waals surface area contributed by atoms with Crippen LogP contribution in [0, 0.1) is 0 Å². The Labute approximate surface area is 209 Å². The third-order valence-corrected chi connectivity index (χ3v) is 6.27. The number of aromatic hydroxyl groups is 1. The maximum atomic E-state index is 13.6. The lowest BCUT2D eigenvalue weighted by molar-refractivity contribution is 0.0716. The van der Waals surface area contributed by atoms with Gasteiger partial charge >= 0.3 is 0 Å². The van der Waals surface area contributed by atoms with Gasteiger partial charge in [-0.15, -0.1) is 0 Å². The fourth-order valence-corrected chi connectivity index (χ4v) is 4.56. The van der Waals surface area contributed by atoms with E-state index in [0.717, 1.165) is 18.4 Å². The molecule has 2 N–H and O–H groups in total. The number of aromatic amines is 1. The molecule has 0 fully saturated rings. The molecule has 4 aromatic rings. The Morgan fingerprint density at radius 3 is 2.69 bits per heavy atom. The summed E-state index contributed by atoms with van der Waals surface area (Å²) >= 11 is 0. The van der Waals surface area contributed by atoms with Crippen molar-refractivity contribution in [3.05, 3.63) is 83.4 Å². The van der Waals surface area contributed by atoms with Gasteiger partial charge in [0.05, 0.1) is 32.1 Å². The van der Waals surface area contributed by atoms with Gasteiger partial charge in [-0.1, -0.05) is 31.5 Å². The fraction of sp³-hybridized carbons (Fsp3) is 0.286. The third-order valence-electron chi connectivity index (χ3n) is 6.27. The second-order valence-electron chi connectivity index (χ2n) is 8.63. The number of aromatic nitrogens is 2. The number of phenols is 1. The normalized spacial score (nSPS) is 14.8. The zero-order chi connectivity index (χ0) is 25.1. The van der Waals surface area contributed by atoms with Gasteiger partial charge in [-0.3, -0.25) is 9.89 Å². The molecule has 0 saturated heterocycles. The van der Waals surface area contributed by atoms with Gasteiger partial charge in [0.1, 0.15) is 22.9 Å². The highest BCUT2D eigenvalue weighted by Gasteiger charge is 2.43. The number of unbranched alkanes of at least 4 members (excludes halogenated alkanes) is 1. The molecule has 0 saturated carbocycles. The van der Waals surface area contributed by atoms with Crippen LogP contribution in [-0.2, 0) is 6.54 Å². The molecule has 1 aliphatic rings. The van der Waals surface area contributed by atoms with Crippen LogP contribution in [0.2, 0.25) is 0 Å². The summed E-state index contributed by atoms with van der Waals surface area (Å²) in [7, 11) is 0. The first-order valence-corrected chi connectivity index (χ1v) is 12.2. The van der Waals surface area contributed by atoms with E-state index in [0.29, 0.717) is 53.0 Å². The number of rotatable bonds is 10. The predicted molar refractivity (Wildman–Crippen MR) is 134 cm³/mol. The van der Waals surface area contributed by atoms with Crippen LogP contribution < -0.4 is 9.47 Å². The second kappa shape index (κ2) is 10.2. The molecule has 0 aliphatic carbocycles. The molecule has 2 aromatic carbocycles. The van der Waals surface area contributed by atoms with Crippen molar-refractivity contribution in [3.63, 3.8) is 0 Å². The van der Waals surface area contributed by atoms with Crippen LogP contribution in [-0.4, -0.2) is 39.3 Å². The van der Waals surface area contributed by atoms with E-state index in [4.69, 9.17) is 13.9 Å². The summed E-state index contributed by atoms with van der Waals surface area (Å²) in [6.45, 7) is 5.40. The van der Waals surface area contributed by atoms with Crippen molar-refractivity contribution in [1.82, 2.24) is 15.1 Å². The van der Waals surface area contributed by atoms with E-state index in [-0.39, 0.29) is 18.2 Å². The molecule has 1 amide bonds. The lowest BCUT2D eigenvalue weighted by atomic mass is 9.95. The zero-order valence-corrected chi connectivity index (χ0v) is 20.4. The van der Waals surface area contributed by atoms with E-state index in [9.17, 15) is 9.90 Å². The van der Waals surface area contributed by atoms with Crippen molar-refractivity contribution in [3.8, 4) is 28.5 Å². The largest absolute Gasteiger partial charge is 0.507 e. The van der Waals surface area contributed by atoms with Crippen molar-refractivity contribution in [1.29, 1.82) is 0 Å². The smallest absolute Gasteiger partial charge is 0.273 e. The van der Waals surface area contributed by atoms with E-state index < -0.39 is 6.04 Å². The highest BCUT2D eigenvalue weighted by molar-refractivity contribution is 6.00. The number of nitrogens with one attached hydrogen (secondary N) is 1. The molecule has 0 unspecified atom stereocenters. The van der Waals surface area contributed by atoms with Gasteiger partial charge < -0.3 is 23.9 Å². The number of carbonyl (C=O) groups is 1. The minimum Gasteiger partial charge on any atom is -0.507 e. The zero-order valence-electron chi connectivity index (χ0n) is 20.4. The summed E-state index contributed by atoms with van der Waals surface area (Å²) in [6, 6.07) is 15.9. The minimum absolute atomic E-state index is 0.0946. The van der Waals surface area contributed by atoms with Crippen LogP contribution in [0.25, 0.3) is 11.3 Å². The summed E-state index contributed by atoms with van der Waals surface area (Å²) < 4.78 is 17.5. The number of ether oxygens (including phenoxy) is 2. The maximum absolute atomic E-state index is 13.6. The molecule has 1 aliphatic heterocycles. The number of H-pyrrole nitrogens is 1. The Kier molecular flexibility index (Phi) is 6.66. The Morgan fingerprint density at radius 1 is 1.08 bits per heavy atom. The van der Waals surface area contributed by atoms with E-state index in [1.807, 2.05) is 37.3 Å². The van der Waals surface area contributed by atoms with Crippen LogP contribution in [0.5, 0.6) is 17.2 Å². The van der Waals surface area contributed by atoms with E-state index in [2.05, 4.69) is 17.1 Å². The molecule has 5 rings (SSSR count). The number of nitrogens with zero attached hydrogens (tertiary/aromatic N) is 2. The van der Waals surface area contributed by atoms with E-state index in [1.54, 1.807) is 35.4 Å². The van der Waals surface area contributed by atoms with Crippen molar-refractivity contribution < 1.29 is 23.8 Å². The van der Waals surface area contributed by atoms with Gasteiger partial charge in [0.15, 0.2) is 11.5 Å². The van der Waals surface area contributed by atoms with Gasteiger partial charge in [-0.25, -0.2) is 0 Å². The first kappa shape index (κ1) is 23.5. The number of amides is 1. The van der Waals surface area contributed by atoms with Crippen molar-refractivity contribution >= 4 is 5.91 Å². The average molecular weight is 488 g/mol. The molecule has 0 bridgehead atoms. The summed E-state index contributed by atoms with van der Waals surface area (Å²) in [4.78, 5) is 15.3. The van der Waals surface area contributed by atoms with E-state index in [1.165, 1.54) is 0 Å². The molecule has 3 heterocycles. The lowest BCUT2D eigenvalue weighted by Gasteiger charge is -2.26. The monoisotopic (exact) mass is 487 g/mol. The average Bonchev–Trinajstić information content (AvgIpc) is 3.60. The highest BCUT2D eigenvalue weighted by Crippen LogP contribution is 2.46. The van der Waals surface area contributed by atoms with Gasteiger partial charge in [0, 0.05) is 11.1 Å². The SMILES string of the molecule is CCCCOc1ccc([C@@H]2c3c(-c4ccccc4O)n[nH]c3C(=O)N2Cc2ccco2)cc1OCC. The lowest BCUT2D eigenvalue weighted by Crippen LogP contribution is -2.29. The number of hydrogen-bond acceptors (Lipinski definition) is 6. The Bertz CT molecular complexity index is 1350. The molecule has 1 atom stereocenters.